The van der Waals surface area contributed by atoms with Crippen molar-refractivity contribution in [3.63, 3.8) is 0 Å². The number of hydrogen-bond acceptors (Lipinski definition) is 4. The van der Waals surface area contributed by atoms with Crippen LogP contribution in [-0.2, 0) is 10.8 Å². The van der Waals surface area contributed by atoms with Crippen molar-refractivity contribution in [3.8, 4) is 0 Å². The van der Waals surface area contributed by atoms with Gasteiger partial charge in [0.15, 0.2) is 0 Å². The summed E-state index contributed by atoms with van der Waals surface area (Å²) < 4.78 is 11.2. The maximum Gasteiger partial charge on any atom is 0.269 e. The SMILES string of the molecule is CC(NCC(C)S(C)=O)c1cccc([N+](=O)[O-])c1. The molecule has 0 saturated heterocycles. The summed E-state index contributed by atoms with van der Waals surface area (Å²) in [5.41, 5.74) is 0.951. The van der Waals surface area contributed by atoms with E-state index in [1.165, 1.54) is 6.07 Å². The summed E-state index contributed by atoms with van der Waals surface area (Å²) in [6, 6.07) is 6.55. The Morgan fingerprint density at radius 1 is 1.44 bits per heavy atom. The van der Waals surface area contributed by atoms with Crippen LogP contribution in [0.25, 0.3) is 0 Å². The van der Waals surface area contributed by atoms with Crippen molar-refractivity contribution in [1.82, 2.24) is 5.32 Å². The quantitative estimate of drug-likeness (QED) is 0.634. The summed E-state index contributed by atoms with van der Waals surface area (Å²) >= 11 is 0. The summed E-state index contributed by atoms with van der Waals surface area (Å²) in [7, 11) is -0.866. The standard InChI is InChI=1S/C12H18N2O3S/c1-9(18(3)17)8-13-10(2)11-5-4-6-12(7-11)14(15)16/h4-7,9-10,13H,8H2,1-3H3. The molecule has 0 aliphatic carbocycles. The zero-order valence-corrected chi connectivity index (χ0v) is 11.6. The van der Waals surface area contributed by atoms with Crippen LogP contribution in [0.15, 0.2) is 24.3 Å². The average molecular weight is 270 g/mol. The Bertz CT molecular complexity index is 451. The third kappa shape index (κ3) is 4.19. The summed E-state index contributed by atoms with van der Waals surface area (Å²) in [6.45, 7) is 4.46. The second-order valence-corrected chi connectivity index (χ2v) is 6.09. The van der Waals surface area contributed by atoms with Gasteiger partial charge in [0.25, 0.3) is 5.69 Å². The lowest BCUT2D eigenvalue weighted by atomic mass is 10.1. The van der Waals surface area contributed by atoms with Crippen LogP contribution in [0.3, 0.4) is 0 Å². The van der Waals surface area contributed by atoms with Crippen LogP contribution in [0.5, 0.6) is 0 Å². The first-order valence-electron chi connectivity index (χ1n) is 5.71. The van der Waals surface area contributed by atoms with E-state index in [2.05, 4.69) is 5.32 Å². The molecule has 0 radical (unpaired) electrons. The molecule has 5 nitrogen and oxygen atoms in total. The van der Waals surface area contributed by atoms with E-state index in [0.717, 1.165) is 5.56 Å². The first-order chi connectivity index (χ1) is 8.41. The fourth-order valence-corrected chi connectivity index (χ4v) is 1.82. The molecule has 0 fully saturated rings. The molecule has 1 N–H and O–H groups in total. The highest BCUT2D eigenvalue weighted by molar-refractivity contribution is 7.84. The molecule has 3 atom stereocenters. The molecule has 0 amide bonds. The number of nitro groups is 1. The smallest absolute Gasteiger partial charge is 0.269 e. The fraction of sp³-hybridized carbons (Fsp3) is 0.500. The van der Waals surface area contributed by atoms with Crippen molar-refractivity contribution in [2.24, 2.45) is 0 Å². The molecule has 0 spiro atoms. The predicted octanol–water partition coefficient (Wildman–Crippen LogP) is 2.01. The molecule has 6 heteroatoms. The molecular weight excluding hydrogens is 252 g/mol. The molecule has 100 valence electrons. The van der Waals surface area contributed by atoms with Gasteiger partial charge in [0.05, 0.1) is 4.92 Å². The summed E-state index contributed by atoms with van der Waals surface area (Å²) in [4.78, 5) is 10.3. The molecule has 1 aromatic carbocycles. The lowest BCUT2D eigenvalue weighted by Crippen LogP contribution is -2.29. The maximum absolute atomic E-state index is 11.2. The Balaban J connectivity index is 2.66. The lowest BCUT2D eigenvalue weighted by Gasteiger charge is -2.16. The molecule has 0 aliphatic rings. The average Bonchev–Trinajstić information content (AvgIpc) is 2.35. The second kappa shape index (κ2) is 6.61. The van der Waals surface area contributed by atoms with E-state index in [1.54, 1.807) is 18.4 Å². The predicted molar refractivity (Wildman–Crippen MR) is 73.0 cm³/mol. The van der Waals surface area contributed by atoms with Crippen molar-refractivity contribution in [1.29, 1.82) is 0 Å². The van der Waals surface area contributed by atoms with Gasteiger partial charge < -0.3 is 5.32 Å². The van der Waals surface area contributed by atoms with Crippen LogP contribution in [0.2, 0.25) is 0 Å². The second-order valence-electron chi connectivity index (χ2n) is 4.29. The molecule has 0 bridgehead atoms. The third-order valence-electron chi connectivity index (χ3n) is 2.86. The topological polar surface area (TPSA) is 72.2 Å². The number of nitro benzene ring substituents is 1. The Morgan fingerprint density at radius 2 is 2.11 bits per heavy atom. The van der Waals surface area contributed by atoms with E-state index >= 15 is 0 Å². The highest BCUT2D eigenvalue weighted by Crippen LogP contribution is 2.18. The summed E-state index contributed by atoms with van der Waals surface area (Å²) in [6.07, 6.45) is 1.67. The number of rotatable bonds is 6. The van der Waals surface area contributed by atoms with Crippen LogP contribution in [0, 0.1) is 10.1 Å². The van der Waals surface area contributed by atoms with Gasteiger partial charge in [-0.15, -0.1) is 0 Å². The Morgan fingerprint density at radius 3 is 2.67 bits per heavy atom. The summed E-state index contributed by atoms with van der Waals surface area (Å²) in [5.74, 6) is 0. The number of nitrogens with zero attached hydrogens (tertiary/aromatic N) is 1. The first-order valence-corrected chi connectivity index (χ1v) is 7.34. The zero-order valence-electron chi connectivity index (χ0n) is 10.8. The van der Waals surface area contributed by atoms with Gasteiger partial charge in [-0.3, -0.25) is 14.3 Å². The molecule has 3 unspecified atom stereocenters. The fourth-order valence-electron chi connectivity index (χ4n) is 1.49. The van der Waals surface area contributed by atoms with Crippen molar-refractivity contribution in [2.75, 3.05) is 12.8 Å². The van der Waals surface area contributed by atoms with Gasteiger partial charge in [0.2, 0.25) is 0 Å². The largest absolute Gasteiger partial charge is 0.309 e. The Hall–Kier alpha value is -1.27. The molecule has 0 heterocycles. The van der Waals surface area contributed by atoms with Gasteiger partial charge in [-0.05, 0) is 19.4 Å². The highest BCUT2D eigenvalue weighted by atomic mass is 32.2. The van der Waals surface area contributed by atoms with E-state index in [0.29, 0.717) is 6.54 Å². The Labute approximate surface area is 109 Å². The Kier molecular flexibility index (Phi) is 5.43. The molecule has 18 heavy (non-hydrogen) atoms. The normalized spacial score (nSPS) is 15.9. The number of non-ortho nitro benzene ring substituents is 1. The van der Waals surface area contributed by atoms with Crippen molar-refractivity contribution in [3.05, 3.63) is 39.9 Å². The van der Waals surface area contributed by atoms with Gasteiger partial charge in [-0.1, -0.05) is 12.1 Å². The number of benzene rings is 1. The van der Waals surface area contributed by atoms with Crippen LogP contribution in [-0.4, -0.2) is 27.2 Å². The van der Waals surface area contributed by atoms with Gasteiger partial charge in [-0.2, -0.15) is 0 Å². The van der Waals surface area contributed by atoms with Crippen molar-refractivity contribution in [2.45, 2.75) is 25.1 Å². The van der Waals surface area contributed by atoms with Crippen molar-refractivity contribution < 1.29 is 9.13 Å². The highest BCUT2D eigenvalue weighted by Gasteiger charge is 2.12. The van der Waals surface area contributed by atoms with E-state index in [9.17, 15) is 14.3 Å². The van der Waals surface area contributed by atoms with Crippen LogP contribution in [0.4, 0.5) is 5.69 Å². The van der Waals surface area contributed by atoms with E-state index < -0.39 is 15.7 Å². The van der Waals surface area contributed by atoms with Gasteiger partial charge >= 0.3 is 0 Å². The van der Waals surface area contributed by atoms with Crippen LogP contribution >= 0.6 is 0 Å². The molecule has 0 aromatic heterocycles. The van der Waals surface area contributed by atoms with Gasteiger partial charge in [-0.25, -0.2) is 0 Å². The maximum atomic E-state index is 11.2. The van der Waals surface area contributed by atoms with Crippen LogP contribution in [0.1, 0.15) is 25.5 Å². The monoisotopic (exact) mass is 270 g/mol. The van der Waals surface area contributed by atoms with Gasteiger partial charge in [0, 0.05) is 47.0 Å². The minimum absolute atomic E-state index is 0.00380. The first kappa shape index (κ1) is 14.8. The van der Waals surface area contributed by atoms with Crippen molar-refractivity contribution >= 4 is 16.5 Å². The van der Waals surface area contributed by atoms with Crippen LogP contribution < -0.4 is 5.32 Å². The zero-order chi connectivity index (χ0) is 13.7. The summed E-state index contributed by atoms with van der Waals surface area (Å²) in [5, 5.41) is 14.0. The molecule has 1 aromatic rings. The van der Waals surface area contributed by atoms with E-state index in [-0.39, 0.29) is 17.0 Å². The minimum atomic E-state index is -0.866. The number of nitrogens with one attached hydrogen (secondary N) is 1. The molecule has 0 saturated carbocycles. The van der Waals surface area contributed by atoms with Gasteiger partial charge in [0.1, 0.15) is 0 Å². The van der Waals surface area contributed by atoms with E-state index in [4.69, 9.17) is 0 Å². The minimum Gasteiger partial charge on any atom is -0.309 e. The lowest BCUT2D eigenvalue weighted by molar-refractivity contribution is -0.384. The molecule has 1 rings (SSSR count). The molecular formula is C12H18N2O3S. The molecule has 0 aliphatic heterocycles. The third-order valence-corrected chi connectivity index (χ3v) is 4.16. The van der Waals surface area contributed by atoms with E-state index in [1.807, 2.05) is 19.9 Å². The number of hydrogen-bond donors (Lipinski definition) is 1.